The second-order valence-corrected chi connectivity index (χ2v) is 9.43. The highest BCUT2D eigenvalue weighted by Crippen LogP contribution is 2.50. The molecule has 1 N–H and O–H groups in total. The molecule has 0 radical (unpaired) electrons. The maximum atomic E-state index is 14.0. The van der Waals surface area contributed by atoms with Crippen molar-refractivity contribution in [3.63, 3.8) is 0 Å². The van der Waals surface area contributed by atoms with E-state index < -0.39 is 17.8 Å². The lowest BCUT2D eigenvalue weighted by atomic mass is 9.80. The molecule has 0 spiro atoms. The molecule has 156 valence electrons. The third-order valence-electron chi connectivity index (χ3n) is 7.05. The summed E-state index contributed by atoms with van der Waals surface area (Å²) < 4.78 is 5.90. The Morgan fingerprint density at radius 1 is 1.14 bits per heavy atom. The van der Waals surface area contributed by atoms with Gasteiger partial charge >= 0.3 is 5.97 Å². The van der Waals surface area contributed by atoms with E-state index >= 15 is 0 Å². The highest BCUT2D eigenvalue weighted by molar-refractivity contribution is 5.87. The fraction of sp³-hybridized carbons (Fsp3) is 0.583. The van der Waals surface area contributed by atoms with Crippen LogP contribution in [0, 0.1) is 23.7 Å². The average Bonchev–Trinajstić information content (AvgIpc) is 3.29. The van der Waals surface area contributed by atoms with E-state index in [9.17, 15) is 14.7 Å². The van der Waals surface area contributed by atoms with Crippen LogP contribution in [-0.2, 0) is 14.3 Å². The van der Waals surface area contributed by atoms with E-state index in [1.54, 1.807) is 0 Å². The molecule has 1 saturated carbocycles. The number of carbonyl (C=O) groups is 2. The molecule has 4 rings (SSSR count). The summed E-state index contributed by atoms with van der Waals surface area (Å²) in [6.45, 7) is 6.81. The number of carboxylic acids is 1. The summed E-state index contributed by atoms with van der Waals surface area (Å²) in [7, 11) is 0. The number of nitrogens with zero attached hydrogens (tertiary/aromatic N) is 1. The van der Waals surface area contributed by atoms with Crippen molar-refractivity contribution < 1.29 is 19.4 Å². The third kappa shape index (κ3) is 3.73. The first kappa shape index (κ1) is 20.1. The normalized spacial score (nSPS) is 33.4. The average molecular weight is 398 g/mol. The number of carbonyl (C=O) groups excluding carboxylic acids is 1. The Morgan fingerprint density at radius 2 is 1.79 bits per heavy atom. The third-order valence-corrected chi connectivity index (χ3v) is 7.05. The van der Waals surface area contributed by atoms with E-state index in [1.807, 2.05) is 41.3 Å². The molecule has 2 fully saturated rings. The Bertz CT molecular complexity index is 802. The van der Waals surface area contributed by atoms with E-state index in [4.69, 9.17) is 4.74 Å². The molecular weight excluding hydrogens is 366 g/mol. The lowest BCUT2D eigenvalue weighted by Gasteiger charge is -2.45. The van der Waals surface area contributed by atoms with Crippen LogP contribution in [0.3, 0.4) is 0 Å². The number of fused-ring (bicyclic) bond motifs is 2. The fourth-order valence-corrected chi connectivity index (χ4v) is 5.68. The number of ether oxygens (including phenoxy) is 1. The van der Waals surface area contributed by atoms with E-state index in [0.29, 0.717) is 6.61 Å². The molecule has 0 unspecified atom stereocenters. The molecule has 5 nitrogen and oxygen atoms in total. The number of hydrogen-bond donors (Lipinski definition) is 1. The summed E-state index contributed by atoms with van der Waals surface area (Å²) in [5, 5.41) is 9.86. The Morgan fingerprint density at radius 3 is 2.41 bits per heavy atom. The Balaban J connectivity index is 1.69. The van der Waals surface area contributed by atoms with Gasteiger partial charge in [0.25, 0.3) is 0 Å². The predicted molar refractivity (Wildman–Crippen MR) is 110 cm³/mol. The van der Waals surface area contributed by atoms with Gasteiger partial charge in [-0.05, 0) is 57.4 Å². The van der Waals surface area contributed by atoms with Crippen LogP contribution in [0.5, 0.6) is 0 Å². The summed E-state index contributed by atoms with van der Waals surface area (Å²) in [5.41, 5.74) is 0.786. The van der Waals surface area contributed by atoms with E-state index in [-0.39, 0.29) is 35.4 Å². The quantitative estimate of drug-likeness (QED) is 0.761. The molecule has 2 bridgehead atoms. The predicted octanol–water partition coefficient (Wildman–Crippen LogP) is 4.06. The summed E-state index contributed by atoms with van der Waals surface area (Å²) in [4.78, 5) is 28.0. The van der Waals surface area contributed by atoms with Crippen LogP contribution >= 0.6 is 0 Å². The van der Waals surface area contributed by atoms with Crippen molar-refractivity contribution in [2.45, 2.75) is 57.7 Å². The standard InChI is InChI=1S/C24H31NO4/c1-15(16-7-5-4-6-8-16)25(19-11-12-29-24(2,3)14-19)22(26)20-17-9-10-18(13-17)21(20)23(27)28/h4-10,15,17-21H,11-14H2,1-3H3,(H,27,28)/t15-,17+,18-,19+,20-,21+/m0/s1. The van der Waals surface area contributed by atoms with Crippen LogP contribution in [-0.4, -0.2) is 40.1 Å². The Kier molecular flexibility index (Phi) is 5.28. The zero-order valence-electron chi connectivity index (χ0n) is 17.5. The van der Waals surface area contributed by atoms with Crippen LogP contribution in [0.1, 0.15) is 51.6 Å². The first-order valence-electron chi connectivity index (χ1n) is 10.7. The van der Waals surface area contributed by atoms with Crippen molar-refractivity contribution in [2.24, 2.45) is 23.7 Å². The molecule has 1 aromatic carbocycles. The lowest BCUT2D eigenvalue weighted by molar-refractivity contribution is -0.157. The van der Waals surface area contributed by atoms with Gasteiger partial charge in [0.1, 0.15) is 0 Å². The monoisotopic (exact) mass is 397 g/mol. The van der Waals surface area contributed by atoms with E-state index in [1.165, 1.54) is 0 Å². The minimum Gasteiger partial charge on any atom is -0.481 e. The van der Waals surface area contributed by atoms with Crippen LogP contribution in [0.4, 0.5) is 0 Å². The van der Waals surface area contributed by atoms with Crippen LogP contribution in [0.2, 0.25) is 0 Å². The molecular formula is C24H31NO4. The first-order chi connectivity index (χ1) is 13.8. The number of allylic oxidation sites excluding steroid dienone is 2. The van der Waals surface area contributed by atoms with Gasteiger partial charge in [0.15, 0.2) is 0 Å². The molecule has 1 aromatic rings. The number of amides is 1. The molecule has 0 aromatic heterocycles. The maximum absolute atomic E-state index is 14.0. The molecule has 1 amide bonds. The number of benzene rings is 1. The molecule has 29 heavy (non-hydrogen) atoms. The topological polar surface area (TPSA) is 66.8 Å². The van der Waals surface area contributed by atoms with E-state index in [0.717, 1.165) is 24.8 Å². The largest absolute Gasteiger partial charge is 0.481 e. The van der Waals surface area contributed by atoms with E-state index in [2.05, 4.69) is 26.8 Å². The van der Waals surface area contributed by atoms with Gasteiger partial charge in [-0.15, -0.1) is 0 Å². The smallest absolute Gasteiger partial charge is 0.307 e. The summed E-state index contributed by atoms with van der Waals surface area (Å²) in [6.07, 6.45) is 6.37. The Labute approximate surface area is 172 Å². The van der Waals surface area contributed by atoms with Crippen molar-refractivity contribution in [2.75, 3.05) is 6.61 Å². The van der Waals surface area contributed by atoms with Crippen molar-refractivity contribution in [1.82, 2.24) is 4.90 Å². The zero-order valence-corrected chi connectivity index (χ0v) is 17.5. The van der Waals surface area contributed by atoms with Crippen LogP contribution in [0.15, 0.2) is 42.5 Å². The molecule has 1 aliphatic heterocycles. The minimum absolute atomic E-state index is 0.00620. The molecule has 2 aliphatic carbocycles. The number of hydrogen-bond acceptors (Lipinski definition) is 3. The second kappa shape index (κ2) is 7.60. The van der Waals surface area contributed by atoms with Crippen molar-refractivity contribution in [3.05, 3.63) is 48.0 Å². The van der Waals surface area contributed by atoms with Crippen molar-refractivity contribution >= 4 is 11.9 Å². The molecule has 5 heteroatoms. The zero-order chi connectivity index (χ0) is 20.8. The van der Waals surface area contributed by atoms with Crippen molar-refractivity contribution in [1.29, 1.82) is 0 Å². The van der Waals surface area contributed by atoms with Crippen LogP contribution in [0.25, 0.3) is 0 Å². The number of carboxylic acid groups (broad SMARTS) is 1. The molecule has 6 atom stereocenters. The molecule has 3 aliphatic rings. The molecule has 1 saturated heterocycles. The number of aliphatic carboxylic acids is 1. The second-order valence-electron chi connectivity index (χ2n) is 9.43. The van der Waals surface area contributed by atoms with Gasteiger partial charge in [0.05, 0.1) is 23.5 Å². The van der Waals surface area contributed by atoms with Gasteiger partial charge in [-0.3, -0.25) is 9.59 Å². The highest BCUT2D eigenvalue weighted by atomic mass is 16.5. The first-order valence-corrected chi connectivity index (χ1v) is 10.7. The van der Waals surface area contributed by atoms with Crippen LogP contribution < -0.4 is 0 Å². The van der Waals surface area contributed by atoms with Gasteiger partial charge in [-0.2, -0.15) is 0 Å². The Hall–Kier alpha value is -2.14. The summed E-state index contributed by atoms with van der Waals surface area (Å²) in [5.74, 6) is -1.93. The summed E-state index contributed by atoms with van der Waals surface area (Å²) in [6, 6.07) is 9.97. The SMILES string of the molecule is C[C@@H](c1ccccc1)N(C(=O)[C@@H]1[C@H](C(=O)O)[C@H]2C=C[C@@H]1C2)[C@@H]1CCOC(C)(C)C1. The summed E-state index contributed by atoms with van der Waals surface area (Å²) >= 11 is 0. The highest BCUT2D eigenvalue weighted by Gasteiger charge is 2.54. The number of rotatable bonds is 5. The lowest BCUT2D eigenvalue weighted by Crippen LogP contribution is -2.53. The van der Waals surface area contributed by atoms with Gasteiger partial charge < -0.3 is 14.7 Å². The van der Waals surface area contributed by atoms with Gasteiger partial charge in [0, 0.05) is 12.6 Å². The van der Waals surface area contributed by atoms with Crippen molar-refractivity contribution in [3.8, 4) is 0 Å². The van der Waals surface area contributed by atoms with Gasteiger partial charge in [0.2, 0.25) is 5.91 Å². The maximum Gasteiger partial charge on any atom is 0.307 e. The fourth-order valence-electron chi connectivity index (χ4n) is 5.68. The minimum atomic E-state index is -0.847. The van der Waals surface area contributed by atoms with Gasteiger partial charge in [-0.25, -0.2) is 0 Å². The van der Waals surface area contributed by atoms with Gasteiger partial charge in [-0.1, -0.05) is 42.5 Å². The molecule has 1 heterocycles.